The van der Waals surface area contributed by atoms with Crippen LogP contribution >= 0.6 is 0 Å². The van der Waals surface area contributed by atoms with Crippen molar-refractivity contribution >= 4 is 21.5 Å². The number of benzene rings is 1. The molecule has 0 bridgehead atoms. The lowest BCUT2D eigenvalue weighted by Crippen LogP contribution is -2.29. The first-order valence-corrected chi connectivity index (χ1v) is 7.70. The van der Waals surface area contributed by atoms with Gasteiger partial charge in [0.1, 0.15) is 16.5 Å². The quantitative estimate of drug-likeness (QED) is 0.658. The number of fused-ring (bicyclic) bond motifs is 1. The molecule has 0 radical (unpaired) electrons. The van der Waals surface area contributed by atoms with Crippen LogP contribution in [0.3, 0.4) is 0 Å². The number of aromatic nitrogens is 1. The van der Waals surface area contributed by atoms with Gasteiger partial charge in [-0.2, -0.15) is 0 Å². The van der Waals surface area contributed by atoms with E-state index in [0.29, 0.717) is 17.9 Å². The predicted molar refractivity (Wildman–Crippen MR) is 76.7 cm³/mol. The lowest BCUT2D eigenvalue weighted by atomic mass is 10.2. The number of nitrogens with zero attached hydrogens (tertiary/aromatic N) is 2. The number of hydrogen-bond acceptors (Lipinski definition) is 5. The highest BCUT2D eigenvalue weighted by Gasteiger charge is 2.31. The monoisotopic (exact) mass is 308 g/mol. The van der Waals surface area contributed by atoms with Crippen LogP contribution in [-0.4, -0.2) is 19.9 Å². The van der Waals surface area contributed by atoms with Gasteiger partial charge in [0.2, 0.25) is 0 Å². The fourth-order valence-corrected chi connectivity index (χ4v) is 3.76. The zero-order chi connectivity index (χ0) is 15.0. The normalized spacial score (nSPS) is 14.1. The summed E-state index contributed by atoms with van der Waals surface area (Å²) in [6, 6.07) is 7.06. The van der Waals surface area contributed by atoms with Crippen molar-refractivity contribution in [3.63, 3.8) is 0 Å². The van der Waals surface area contributed by atoms with Crippen LogP contribution in [0, 0.1) is 5.82 Å². The van der Waals surface area contributed by atoms with Gasteiger partial charge in [-0.15, -0.1) is 0 Å². The largest absolute Gasteiger partial charge is 0.308 e. The van der Waals surface area contributed by atoms with Crippen molar-refractivity contribution in [1.29, 1.82) is 0 Å². The molecule has 0 saturated heterocycles. The van der Waals surface area contributed by atoms with Crippen LogP contribution in [0.1, 0.15) is 5.56 Å². The molecule has 0 fully saturated rings. The summed E-state index contributed by atoms with van der Waals surface area (Å²) in [7, 11) is -3.76. The lowest BCUT2D eigenvalue weighted by Gasteiger charge is -2.19. The molecular weight excluding hydrogens is 295 g/mol. The summed E-state index contributed by atoms with van der Waals surface area (Å²) in [5.41, 5.74) is 3.53. The van der Waals surface area contributed by atoms with Crippen LogP contribution in [0.2, 0.25) is 0 Å². The number of anilines is 2. The molecule has 21 heavy (non-hydrogen) atoms. The van der Waals surface area contributed by atoms with Crippen molar-refractivity contribution in [1.82, 2.24) is 4.98 Å². The Balaban J connectivity index is 2.02. The van der Waals surface area contributed by atoms with E-state index in [9.17, 15) is 12.8 Å². The average Bonchev–Trinajstić information content (AvgIpc) is 2.91. The van der Waals surface area contributed by atoms with E-state index in [-0.39, 0.29) is 11.4 Å². The minimum atomic E-state index is -3.76. The van der Waals surface area contributed by atoms with Gasteiger partial charge in [-0.05, 0) is 36.2 Å². The van der Waals surface area contributed by atoms with E-state index in [2.05, 4.69) is 10.4 Å². The Morgan fingerprint density at radius 3 is 2.76 bits per heavy atom. The Morgan fingerprint density at radius 1 is 1.29 bits per heavy atom. The van der Waals surface area contributed by atoms with Crippen LogP contribution in [0.15, 0.2) is 41.4 Å². The molecule has 2 aromatic rings. The van der Waals surface area contributed by atoms with Crippen LogP contribution in [0.4, 0.5) is 15.9 Å². The number of sulfonamides is 1. The summed E-state index contributed by atoms with van der Waals surface area (Å²) >= 11 is 0. The number of nitrogen functional groups attached to an aromatic ring is 1. The van der Waals surface area contributed by atoms with E-state index in [1.54, 1.807) is 6.07 Å². The first kappa shape index (κ1) is 13.8. The van der Waals surface area contributed by atoms with Crippen LogP contribution < -0.4 is 15.6 Å². The highest BCUT2D eigenvalue weighted by Crippen LogP contribution is 2.33. The van der Waals surface area contributed by atoms with Gasteiger partial charge in [0.15, 0.2) is 0 Å². The first-order chi connectivity index (χ1) is 10.0. The predicted octanol–water partition coefficient (Wildman–Crippen LogP) is 1.26. The molecular formula is C13H13FN4O2S. The number of hydrogen-bond donors (Lipinski definition) is 2. The van der Waals surface area contributed by atoms with Crippen molar-refractivity contribution < 1.29 is 12.8 Å². The standard InChI is InChI=1S/C13H13FN4O2S/c14-10-2-1-9-5-6-18(12(9)7-10)21(19,20)11-3-4-13(17-15)16-8-11/h1-4,7-8H,5-6,15H2,(H,16,17). The maximum absolute atomic E-state index is 13.4. The van der Waals surface area contributed by atoms with E-state index in [1.165, 1.54) is 34.8 Å². The molecule has 0 unspecified atom stereocenters. The molecule has 1 aromatic carbocycles. The van der Waals surface area contributed by atoms with E-state index < -0.39 is 15.8 Å². The van der Waals surface area contributed by atoms with Crippen molar-refractivity contribution in [3.8, 4) is 0 Å². The molecule has 1 aliphatic heterocycles. The number of nitrogens with two attached hydrogens (primary N) is 1. The summed E-state index contributed by atoms with van der Waals surface area (Å²) in [4.78, 5) is 3.93. The van der Waals surface area contributed by atoms with Crippen molar-refractivity contribution in [2.75, 3.05) is 16.3 Å². The zero-order valence-corrected chi connectivity index (χ0v) is 11.8. The Labute approximate surface area is 121 Å². The number of nitrogens with one attached hydrogen (secondary N) is 1. The van der Waals surface area contributed by atoms with Crippen LogP contribution in [0.25, 0.3) is 0 Å². The molecule has 8 heteroatoms. The van der Waals surface area contributed by atoms with Crippen molar-refractivity contribution in [2.24, 2.45) is 5.84 Å². The fourth-order valence-electron chi connectivity index (χ4n) is 2.32. The van der Waals surface area contributed by atoms with Gasteiger partial charge in [-0.25, -0.2) is 23.6 Å². The average molecular weight is 308 g/mol. The van der Waals surface area contributed by atoms with E-state index in [0.717, 1.165) is 5.56 Å². The second-order valence-corrected chi connectivity index (χ2v) is 6.49. The molecule has 0 atom stereocenters. The third kappa shape index (κ3) is 2.32. The minimum absolute atomic E-state index is 0.0404. The summed E-state index contributed by atoms with van der Waals surface area (Å²) in [5.74, 6) is 5.10. The van der Waals surface area contributed by atoms with Gasteiger partial charge in [-0.3, -0.25) is 4.31 Å². The number of rotatable bonds is 3. The third-order valence-corrected chi connectivity index (χ3v) is 5.17. The molecule has 110 valence electrons. The van der Waals surface area contributed by atoms with Gasteiger partial charge in [0.25, 0.3) is 10.0 Å². The molecule has 2 heterocycles. The lowest BCUT2D eigenvalue weighted by molar-refractivity contribution is 0.591. The van der Waals surface area contributed by atoms with E-state index in [1.807, 2.05) is 0 Å². The molecule has 3 N–H and O–H groups in total. The van der Waals surface area contributed by atoms with Gasteiger partial charge < -0.3 is 5.43 Å². The van der Waals surface area contributed by atoms with E-state index >= 15 is 0 Å². The van der Waals surface area contributed by atoms with Gasteiger partial charge in [0, 0.05) is 12.7 Å². The van der Waals surface area contributed by atoms with E-state index in [4.69, 9.17) is 5.84 Å². The second-order valence-electron chi connectivity index (χ2n) is 4.62. The Kier molecular flexibility index (Phi) is 3.26. The van der Waals surface area contributed by atoms with Gasteiger partial charge in [-0.1, -0.05) is 6.07 Å². The molecule has 0 aliphatic carbocycles. The SMILES string of the molecule is NNc1ccc(S(=O)(=O)N2CCc3ccc(F)cc32)cn1. The summed E-state index contributed by atoms with van der Waals surface area (Å²) in [6.07, 6.45) is 1.78. The zero-order valence-electron chi connectivity index (χ0n) is 11.0. The second kappa shape index (κ2) is 4.97. The number of pyridine rings is 1. The summed E-state index contributed by atoms with van der Waals surface area (Å²) in [5, 5.41) is 0. The van der Waals surface area contributed by atoms with Crippen molar-refractivity contribution in [2.45, 2.75) is 11.3 Å². The summed E-state index contributed by atoms with van der Waals surface area (Å²) in [6.45, 7) is 0.290. The number of hydrazine groups is 1. The molecule has 0 saturated carbocycles. The maximum atomic E-state index is 13.4. The fraction of sp³-hybridized carbons (Fsp3) is 0.154. The molecule has 0 amide bonds. The Morgan fingerprint density at radius 2 is 2.10 bits per heavy atom. The Bertz CT molecular complexity index is 777. The maximum Gasteiger partial charge on any atom is 0.265 e. The molecule has 3 rings (SSSR count). The highest BCUT2D eigenvalue weighted by atomic mass is 32.2. The number of halogens is 1. The van der Waals surface area contributed by atoms with Gasteiger partial charge in [0.05, 0.1) is 5.69 Å². The van der Waals surface area contributed by atoms with Crippen molar-refractivity contribution in [3.05, 3.63) is 47.9 Å². The molecule has 1 aliphatic rings. The van der Waals surface area contributed by atoms with Crippen LogP contribution in [0.5, 0.6) is 0 Å². The Hall–Kier alpha value is -2.19. The molecule has 1 aromatic heterocycles. The van der Waals surface area contributed by atoms with Crippen LogP contribution in [-0.2, 0) is 16.4 Å². The minimum Gasteiger partial charge on any atom is -0.308 e. The van der Waals surface area contributed by atoms with Gasteiger partial charge >= 0.3 is 0 Å². The smallest absolute Gasteiger partial charge is 0.265 e. The highest BCUT2D eigenvalue weighted by molar-refractivity contribution is 7.92. The first-order valence-electron chi connectivity index (χ1n) is 6.26. The topological polar surface area (TPSA) is 88.3 Å². The summed E-state index contributed by atoms with van der Waals surface area (Å²) < 4.78 is 39.8. The molecule has 0 spiro atoms. The molecule has 6 nitrogen and oxygen atoms in total. The third-order valence-electron chi connectivity index (χ3n) is 3.37.